The number of nitrogens with two attached hydrogens (primary N) is 1. The van der Waals surface area contributed by atoms with Gasteiger partial charge in [-0.15, -0.1) is 0 Å². The number of halogens is 1. The quantitative estimate of drug-likeness (QED) is 0.0330. The number of aromatic nitrogens is 2. The summed E-state index contributed by atoms with van der Waals surface area (Å²) in [6, 6.07) is 19.5. The molecule has 0 radical (unpaired) electrons. The molecule has 1 heterocycles. The molecule has 4 aromatic rings. The fraction of sp³-hybridized carbons (Fsp3) is 0.333. The van der Waals surface area contributed by atoms with E-state index in [4.69, 9.17) is 10.5 Å². The molecule has 0 aliphatic heterocycles. The van der Waals surface area contributed by atoms with E-state index >= 15 is 0 Å². The number of anilines is 1. The number of nitrogens with one attached hydrogen (secondary N) is 6. The number of hydrogen-bond acceptors (Lipinski definition) is 9. The minimum Gasteiger partial charge on any atom is -0.445 e. The van der Waals surface area contributed by atoms with Crippen LogP contribution in [0, 0.1) is 0 Å². The van der Waals surface area contributed by atoms with E-state index in [-0.39, 0.29) is 43.5 Å². The van der Waals surface area contributed by atoms with Crippen molar-refractivity contribution in [1.82, 2.24) is 36.6 Å². The van der Waals surface area contributed by atoms with Crippen LogP contribution in [0.15, 0.2) is 90.3 Å². The number of ether oxygens (including phenoxy) is 1. The monoisotopic (exact) mass is 871 g/mol. The van der Waals surface area contributed by atoms with Crippen LogP contribution in [0.1, 0.15) is 79.6 Å². The Morgan fingerprint density at radius 2 is 1.56 bits per heavy atom. The van der Waals surface area contributed by atoms with Crippen LogP contribution in [-0.4, -0.2) is 64.9 Å². The molecule has 0 saturated carbocycles. The molecule has 7 amide bonds. The highest BCUT2D eigenvalue weighted by Gasteiger charge is 2.24. The summed E-state index contributed by atoms with van der Waals surface area (Å²) >= 11 is 3.36. The van der Waals surface area contributed by atoms with Crippen LogP contribution in [0.25, 0.3) is 11.0 Å². The summed E-state index contributed by atoms with van der Waals surface area (Å²) in [6.07, 6.45) is 3.51. The van der Waals surface area contributed by atoms with Gasteiger partial charge in [0.15, 0.2) is 0 Å². The van der Waals surface area contributed by atoms with Crippen LogP contribution < -0.4 is 37.6 Å². The predicted molar refractivity (Wildman–Crippen MR) is 227 cm³/mol. The zero-order chi connectivity index (χ0) is 42.6. The molecule has 0 spiro atoms. The van der Waals surface area contributed by atoms with Crippen LogP contribution in [0.3, 0.4) is 0 Å². The highest BCUT2D eigenvalue weighted by Crippen LogP contribution is 2.15. The number of alkyl carbamates (subject to hydrolysis) is 1. The van der Waals surface area contributed by atoms with Crippen LogP contribution in [-0.2, 0) is 37.6 Å². The van der Waals surface area contributed by atoms with Crippen molar-refractivity contribution in [2.45, 2.75) is 76.9 Å². The van der Waals surface area contributed by atoms with Crippen LogP contribution in [0.5, 0.6) is 0 Å². The van der Waals surface area contributed by atoms with E-state index in [1.54, 1.807) is 62.5 Å². The second kappa shape index (κ2) is 23.8. The summed E-state index contributed by atoms with van der Waals surface area (Å²) < 4.78 is 5.29. The number of hydrogen-bond donors (Lipinski definition) is 7. The molecule has 0 saturated heterocycles. The summed E-state index contributed by atoms with van der Waals surface area (Å²) in [5, 5.41) is 16.8. The number of fused-ring (bicyclic) bond motifs is 1. The molecule has 0 fully saturated rings. The first-order valence-corrected chi connectivity index (χ1v) is 20.3. The molecule has 0 unspecified atom stereocenters. The Kier molecular flexibility index (Phi) is 18.3. The summed E-state index contributed by atoms with van der Waals surface area (Å²) in [4.78, 5) is 84.7. The lowest BCUT2D eigenvalue weighted by Crippen LogP contribution is -2.47. The first kappa shape index (κ1) is 45.3. The molecule has 0 bridgehead atoms. The number of carbonyl (C=O) groups excluding carboxylic acids is 6. The number of allylic oxidation sites excluding steroid dienone is 1. The van der Waals surface area contributed by atoms with E-state index in [2.05, 4.69) is 57.8 Å². The van der Waals surface area contributed by atoms with Gasteiger partial charge in [0, 0.05) is 48.8 Å². The largest absolute Gasteiger partial charge is 0.445 e. The number of nitrogens with zero attached hydrogens (tertiary/aromatic N) is 2. The average Bonchev–Trinajstić information content (AvgIpc) is 3.23. The van der Waals surface area contributed by atoms with Gasteiger partial charge in [-0.1, -0.05) is 64.8 Å². The van der Waals surface area contributed by atoms with Crippen LogP contribution >= 0.6 is 15.9 Å². The van der Waals surface area contributed by atoms with Gasteiger partial charge in [0.2, 0.25) is 11.8 Å². The maximum Gasteiger partial charge on any atom is 0.407 e. The third-order valence-electron chi connectivity index (χ3n) is 8.81. The molecule has 0 aliphatic carbocycles. The van der Waals surface area contributed by atoms with Gasteiger partial charge in [0.25, 0.3) is 11.8 Å². The maximum absolute atomic E-state index is 13.5. The second-order valence-corrected chi connectivity index (χ2v) is 14.3. The molecule has 4 rings (SSSR count). The first-order chi connectivity index (χ1) is 28.4. The third-order valence-corrected chi connectivity index (χ3v) is 9.39. The van der Waals surface area contributed by atoms with E-state index in [0.717, 1.165) is 11.3 Å². The van der Waals surface area contributed by atoms with Crippen molar-refractivity contribution in [3.05, 3.63) is 113 Å². The third kappa shape index (κ3) is 15.8. The van der Waals surface area contributed by atoms with Crippen molar-refractivity contribution >= 4 is 68.4 Å². The maximum atomic E-state index is 13.5. The fourth-order valence-corrected chi connectivity index (χ4v) is 5.93. The van der Waals surface area contributed by atoms with Crippen molar-refractivity contribution in [3.8, 4) is 0 Å². The first-order valence-electron chi connectivity index (χ1n) is 19.2. The van der Waals surface area contributed by atoms with Crippen molar-refractivity contribution in [2.24, 2.45) is 5.73 Å². The standard InChI is InChI=1S/C42H50BrN9O7/c1-27(2)37(52-36(53)13-7-4-8-20-45-38(54)30-16-19-33-35(22-30)47-25-32(23-43)49-33)40(56)51-34(12-9-21-46-41(44)57)39(55)50-31-17-14-29(15-18-31)26-59-42(58)48-24-28-10-5-3-6-11-28/h3,5-6,10-11,14-19,22,25,34H,4,7-9,12-13,20-21,23-24,26H2,1-2H3,(H,45,54)(H,48,58)(H,50,55)(H,51,56)(H,52,53)(H3,44,46,57)/t34-/m0/s1. The molecule has 59 heavy (non-hydrogen) atoms. The highest BCUT2D eigenvalue weighted by atomic mass is 79.9. The van der Waals surface area contributed by atoms with Crippen molar-refractivity contribution in [2.75, 3.05) is 18.4 Å². The number of amides is 7. The van der Waals surface area contributed by atoms with Crippen LogP contribution in [0.2, 0.25) is 0 Å². The van der Waals surface area contributed by atoms with E-state index < -0.39 is 30.0 Å². The Morgan fingerprint density at radius 3 is 2.27 bits per heavy atom. The smallest absolute Gasteiger partial charge is 0.407 e. The Labute approximate surface area is 351 Å². The highest BCUT2D eigenvalue weighted by molar-refractivity contribution is 9.08. The number of alkyl halides is 1. The molecule has 1 aromatic heterocycles. The van der Waals surface area contributed by atoms with Gasteiger partial charge in [0.05, 0.1) is 16.7 Å². The van der Waals surface area contributed by atoms with Crippen LogP contribution in [0.4, 0.5) is 15.3 Å². The zero-order valence-electron chi connectivity index (χ0n) is 33.1. The zero-order valence-corrected chi connectivity index (χ0v) is 34.7. The Balaban J connectivity index is 1.22. The van der Waals surface area contributed by atoms with E-state index in [1.165, 1.54) is 0 Å². The second-order valence-electron chi connectivity index (χ2n) is 13.7. The Bertz CT molecular complexity index is 2110. The van der Waals surface area contributed by atoms with Crippen molar-refractivity contribution < 1.29 is 33.5 Å². The fourth-order valence-electron chi connectivity index (χ4n) is 5.66. The van der Waals surface area contributed by atoms with E-state index in [0.29, 0.717) is 77.5 Å². The number of carbonyl (C=O) groups is 6. The molecule has 3 aromatic carbocycles. The normalized spacial score (nSPS) is 11.1. The minimum absolute atomic E-state index is 0.0120. The Hall–Kier alpha value is -6.36. The van der Waals surface area contributed by atoms with Gasteiger partial charge in [-0.25, -0.2) is 14.6 Å². The average molecular weight is 873 g/mol. The topological polar surface area (TPSA) is 236 Å². The lowest BCUT2D eigenvalue weighted by Gasteiger charge is -2.20. The number of primary amides is 1. The van der Waals surface area contributed by atoms with E-state index in [9.17, 15) is 28.8 Å². The van der Waals surface area contributed by atoms with Gasteiger partial charge >= 0.3 is 12.1 Å². The number of urea groups is 1. The molecular weight excluding hydrogens is 822 g/mol. The summed E-state index contributed by atoms with van der Waals surface area (Å²) in [5.41, 5.74) is 10.4. The Morgan fingerprint density at radius 1 is 0.814 bits per heavy atom. The van der Waals surface area contributed by atoms with Crippen molar-refractivity contribution in [3.63, 3.8) is 0 Å². The summed E-state index contributed by atoms with van der Waals surface area (Å²) in [6.45, 7) is 4.28. The van der Waals surface area contributed by atoms with E-state index in [1.807, 2.05) is 30.3 Å². The lowest BCUT2D eigenvalue weighted by atomic mass is 10.1. The van der Waals surface area contributed by atoms with Crippen molar-refractivity contribution in [1.29, 1.82) is 0 Å². The van der Waals surface area contributed by atoms with Gasteiger partial charge < -0.3 is 42.4 Å². The SMILES string of the molecule is CC(C)=C(NC(=O)CCCCCNC(=O)c1ccc2nc(CBr)cnc2c1)C(=O)N[C@@H](CCCNC(N)=O)C(=O)Nc1ccc(COC(=O)NCc2ccccc2)cc1. The molecule has 17 heteroatoms. The molecule has 0 aliphatic rings. The molecule has 16 nitrogen and oxygen atoms in total. The molecular formula is C42H50BrN9O7. The van der Waals surface area contributed by atoms with Gasteiger partial charge in [-0.05, 0) is 86.6 Å². The molecule has 1 atom stereocenters. The number of benzene rings is 3. The predicted octanol–water partition coefficient (Wildman–Crippen LogP) is 5.22. The summed E-state index contributed by atoms with van der Waals surface area (Å²) in [7, 11) is 0. The summed E-state index contributed by atoms with van der Waals surface area (Å²) in [5.74, 6) is -1.77. The number of unbranched alkanes of at least 4 members (excludes halogenated alkanes) is 2. The van der Waals surface area contributed by atoms with Gasteiger partial charge in [0.1, 0.15) is 18.3 Å². The lowest BCUT2D eigenvalue weighted by molar-refractivity contribution is -0.126. The minimum atomic E-state index is -1.04. The molecule has 312 valence electrons. The van der Waals surface area contributed by atoms with Gasteiger partial charge in [-0.2, -0.15) is 0 Å². The number of rotatable bonds is 21. The van der Waals surface area contributed by atoms with Gasteiger partial charge in [-0.3, -0.25) is 24.2 Å². The molecule has 8 N–H and O–H groups in total.